The molecule has 2 fully saturated rings. The molecule has 0 N–H and O–H groups in total. The van der Waals surface area contributed by atoms with Crippen LogP contribution in [0, 0.1) is 20.8 Å². The van der Waals surface area contributed by atoms with Crippen LogP contribution < -0.4 is 0 Å². The van der Waals surface area contributed by atoms with E-state index in [0.29, 0.717) is 0 Å². The van der Waals surface area contributed by atoms with Crippen LogP contribution in [0.25, 0.3) is 0 Å². The van der Waals surface area contributed by atoms with Crippen molar-refractivity contribution in [1.29, 1.82) is 0 Å². The third-order valence-corrected chi connectivity index (χ3v) is 5.00. The summed E-state index contributed by atoms with van der Waals surface area (Å²) in [5.41, 5.74) is 0. The molecular weight excluding hydrogens is 511 g/mol. The Hall–Kier alpha value is -2.66. The first-order valence-corrected chi connectivity index (χ1v) is 9.14. The normalized spacial score (nSPS) is 19.7. The number of likely N-dealkylation sites (tertiary alicyclic amines) is 1. The zero-order chi connectivity index (χ0) is 22.0. The summed E-state index contributed by atoms with van der Waals surface area (Å²) in [6.45, 7) is -0.356. The number of imide groups is 3. The van der Waals surface area contributed by atoms with E-state index in [2.05, 4.69) is 0 Å². The molecule has 0 aromatic rings. The predicted octanol–water partition coefficient (Wildman–Crippen LogP) is -0.624. The maximum atomic E-state index is 11.3. The Balaban J connectivity index is 0.000000569. The van der Waals surface area contributed by atoms with Gasteiger partial charge in [0, 0.05) is 89.2 Å². The van der Waals surface area contributed by atoms with Crippen LogP contribution in [0.3, 0.4) is 0 Å². The zero-order valence-corrected chi connectivity index (χ0v) is 21.2. The molecule has 0 bridgehead atoms. The van der Waals surface area contributed by atoms with E-state index in [1.807, 2.05) is 0 Å². The van der Waals surface area contributed by atoms with E-state index >= 15 is 0 Å². The molecule has 1 saturated heterocycles. The van der Waals surface area contributed by atoms with Crippen molar-refractivity contribution >= 4 is 47.0 Å². The van der Waals surface area contributed by atoms with Crippen molar-refractivity contribution in [3.8, 4) is 0 Å². The van der Waals surface area contributed by atoms with E-state index < -0.39 is 29.5 Å². The summed E-state index contributed by atoms with van der Waals surface area (Å²) in [4.78, 5) is 92.4. The molecular formula is C21H23N3O8Y-2. The Morgan fingerprint density at radius 3 is 1.33 bits per heavy atom. The van der Waals surface area contributed by atoms with Crippen LogP contribution in [0.5, 0.6) is 0 Å². The molecule has 1 saturated carbocycles. The predicted molar refractivity (Wildman–Crippen MR) is 108 cm³/mol. The Morgan fingerprint density at radius 2 is 0.939 bits per heavy atom. The monoisotopic (exact) mass is 534 g/mol. The van der Waals surface area contributed by atoms with Crippen LogP contribution in [0.15, 0.2) is 24.3 Å². The average molecular weight is 534 g/mol. The fraction of sp³-hybridized carbons (Fsp3) is 0.333. The van der Waals surface area contributed by atoms with Gasteiger partial charge in [-0.1, -0.05) is 0 Å². The van der Waals surface area contributed by atoms with Gasteiger partial charge in [0.25, 0.3) is 23.6 Å². The van der Waals surface area contributed by atoms with Crippen LogP contribution in [-0.2, 0) is 71.1 Å². The van der Waals surface area contributed by atoms with E-state index in [-0.39, 0.29) is 110 Å². The first-order valence-electron chi connectivity index (χ1n) is 9.14. The minimum Gasteiger partial charge on any atom is -0.358 e. The smallest absolute Gasteiger partial charge is 0.255 e. The number of rotatable bonds is 4. The third-order valence-electron chi connectivity index (χ3n) is 5.00. The van der Waals surface area contributed by atoms with Crippen molar-refractivity contribution in [2.45, 2.75) is 25.7 Å². The summed E-state index contributed by atoms with van der Waals surface area (Å²) in [6.07, 6.45) is 5.30. The van der Waals surface area contributed by atoms with E-state index in [4.69, 9.17) is 0 Å². The van der Waals surface area contributed by atoms with Gasteiger partial charge >= 0.3 is 0 Å². The second kappa shape index (κ2) is 12.5. The third kappa shape index (κ3) is 6.67. The van der Waals surface area contributed by atoms with Crippen LogP contribution in [0.2, 0.25) is 0 Å². The second-order valence-electron chi connectivity index (χ2n) is 6.90. The number of Topliss-reactive ketones (excluding diaryl/α,β-unsaturated/α-hetero) is 2. The van der Waals surface area contributed by atoms with Gasteiger partial charge in [-0.3, -0.25) is 53.1 Å². The van der Waals surface area contributed by atoms with Gasteiger partial charge in [-0.2, -0.15) is 0 Å². The Kier molecular flexibility index (Phi) is 11.5. The Bertz CT molecular complexity index is 811. The number of hydrogen-bond acceptors (Lipinski definition) is 8. The number of carbonyl (C=O) groups is 8. The van der Waals surface area contributed by atoms with Gasteiger partial charge in [0.1, 0.15) is 18.2 Å². The van der Waals surface area contributed by atoms with Crippen LogP contribution >= 0.6 is 0 Å². The molecule has 4 rings (SSSR count). The molecule has 11 nitrogen and oxygen atoms in total. The van der Waals surface area contributed by atoms with Gasteiger partial charge in [0.05, 0.1) is 5.92 Å². The van der Waals surface area contributed by atoms with Crippen molar-refractivity contribution in [3.05, 3.63) is 39.2 Å². The molecule has 0 spiro atoms. The van der Waals surface area contributed by atoms with E-state index in [1.165, 1.54) is 0 Å². The van der Waals surface area contributed by atoms with Gasteiger partial charge in [-0.05, 0) is 0 Å². The molecule has 3 aliphatic heterocycles. The average Bonchev–Trinajstić information content (AvgIpc) is 3.40. The molecule has 0 atom stereocenters. The van der Waals surface area contributed by atoms with Gasteiger partial charge < -0.3 is 14.9 Å². The fourth-order valence-corrected chi connectivity index (χ4v) is 3.26. The second-order valence-corrected chi connectivity index (χ2v) is 6.90. The number of hydrogen-bond donors (Lipinski definition) is 0. The van der Waals surface area contributed by atoms with Crippen molar-refractivity contribution in [1.82, 2.24) is 14.7 Å². The molecule has 6 amide bonds. The molecule has 33 heavy (non-hydrogen) atoms. The molecule has 3 heterocycles. The molecule has 0 unspecified atom stereocenters. The maximum Gasteiger partial charge on any atom is 0.255 e. The van der Waals surface area contributed by atoms with E-state index in [0.717, 1.165) is 39.0 Å². The van der Waals surface area contributed by atoms with Gasteiger partial charge in [0.15, 0.2) is 0 Å². The van der Waals surface area contributed by atoms with Crippen molar-refractivity contribution in [2.24, 2.45) is 5.92 Å². The molecule has 1 radical (unpaired) electrons. The van der Waals surface area contributed by atoms with Crippen LogP contribution in [0.4, 0.5) is 0 Å². The summed E-state index contributed by atoms with van der Waals surface area (Å²) in [7, 11) is 0. The van der Waals surface area contributed by atoms with E-state index in [1.54, 1.807) is 0 Å². The first-order chi connectivity index (χ1) is 14.2. The SMILES string of the molecule is O=C1C=CC(=O)N1CN1C(=O)CCC1=O.O=C1CCC(=O)C1CN1C(=O)C=CC1=O.[CH3-].[CH3-].[Y]. The number of amides is 6. The number of carbonyl (C=O) groups excluding carboxylic acids is 8. The van der Waals surface area contributed by atoms with Crippen molar-refractivity contribution in [2.75, 3.05) is 13.2 Å². The van der Waals surface area contributed by atoms with Crippen molar-refractivity contribution < 1.29 is 71.1 Å². The first kappa shape index (κ1) is 30.3. The van der Waals surface area contributed by atoms with Gasteiger partial charge in [-0.25, -0.2) is 0 Å². The summed E-state index contributed by atoms with van der Waals surface area (Å²) in [6, 6.07) is 0. The Labute approximate surface area is 216 Å². The molecule has 12 heteroatoms. The minimum atomic E-state index is -0.794. The summed E-state index contributed by atoms with van der Waals surface area (Å²) >= 11 is 0. The molecule has 0 aromatic carbocycles. The quantitative estimate of drug-likeness (QED) is 0.264. The van der Waals surface area contributed by atoms with Crippen LogP contribution in [-0.4, -0.2) is 74.9 Å². The molecule has 4 aliphatic rings. The largest absolute Gasteiger partial charge is 0.358 e. The maximum absolute atomic E-state index is 11.3. The molecule has 1 aliphatic carbocycles. The minimum absolute atomic E-state index is 0. The zero-order valence-electron chi connectivity index (χ0n) is 18.3. The fourth-order valence-electron chi connectivity index (χ4n) is 3.26. The number of ketones is 2. The van der Waals surface area contributed by atoms with Crippen molar-refractivity contribution in [3.63, 3.8) is 0 Å². The molecule has 175 valence electrons. The van der Waals surface area contributed by atoms with Crippen LogP contribution in [0.1, 0.15) is 25.7 Å². The summed E-state index contributed by atoms with van der Waals surface area (Å²) in [5.74, 6) is -3.71. The topological polar surface area (TPSA) is 146 Å². The summed E-state index contributed by atoms with van der Waals surface area (Å²) < 4.78 is 0. The van der Waals surface area contributed by atoms with Gasteiger partial charge in [-0.15, -0.1) is 0 Å². The van der Waals surface area contributed by atoms with E-state index in [9.17, 15) is 38.4 Å². The molecule has 0 aromatic heterocycles. The summed E-state index contributed by atoms with van der Waals surface area (Å²) in [5, 5.41) is 0. The standard InChI is InChI=1S/C10H9NO4.C9H8N2O4.2CH3.Y/c12-7-1-2-8(13)6(7)5-11-9(14)3-4-10(11)15;12-6-1-2-7(13)10(6)5-11-8(14)3-4-9(11)15;;;/h3-4,6H,1-2,5H2;1-2H,3-5H2;2*1H3;/q;;2*-1;. The van der Waals surface area contributed by atoms with Gasteiger partial charge in [0.2, 0.25) is 11.8 Å². The Morgan fingerprint density at radius 1 is 0.576 bits per heavy atom. The number of nitrogens with zero attached hydrogens (tertiary/aromatic N) is 3.